The molecule has 0 spiro atoms. The fraction of sp³-hybridized carbons (Fsp3) is 0.333. The van der Waals surface area contributed by atoms with Crippen LogP contribution in [0.2, 0.25) is 0 Å². The number of amides is 2. The van der Waals surface area contributed by atoms with Crippen molar-refractivity contribution >= 4 is 23.2 Å². The number of hydrogen-bond acceptors (Lipinski definition) is 6. The first-order chi connectivity index (χ1) is 10.0. The van der Waals surface area contributed by atoms with Crippen LogP contribution in [0.4, 0.5) is 11.4 Å². The summed E-state index contributed by atoms with van der Waals surface area (Å²) in [6.07, 6.45) is 1.24. The van der Waals surface area contributed by atoms with E-state index in [1.165, 1.54) is 18.2 Å². The van der Waals surface area contributed by atoms with Crippen LogP contribution in [-0.2, 0) is 4.79 Å². The molecule has 0 radical (unpaired) electrons. The van der Waals surface area contributed by atoms with E-state index < -0.39 is 22.6 Å². The number of carbonyl (C=O) groups is 2. The predicted molar refractivity (Wildman–Crippen MR) is 74.4 cm³/mol. The number of benzene rings is 1. The smallest absolute Gasteiger partial charge is 0.306 e. The number of nitro benzene ring substituents is 1. The highest BCUT2D eigenvalue weighted by atomic mass is 16.6. The van der Waals surface area contributed by atoms with Crippen LogP contribution >= 0.6 is 0 Å². The van der Waals surface area contributed by atoms with Gasteiger partial charge in [-0.3, -0.25) is 25.5 Å². The van der Waals surface area contributed by atoms with E-state index in [4.69, 9.17) is 5.84 Å². The molecule has 0 aliphatic carbocycles. The summed E-state index contributed by atoms with van der Waals surface area (Å²) in [7, 11) is 0. The van der Waals surface area contributed by atoms with Crippen LogP contribution in [-0.4, -0.2) is 29.3 Å². The maximum atomic E-state index is 12.2. The number of anilines is 1. The molecule has 5 N–H and O–H groups in total. The topological polar surface area (TPSA) is 139 Å². The molecule has 2 amide bonds. The monoisotopic (exact) mass is 293 g/mol. The second-order valence-corrected chi connectivity index (χ2v) is 4.56. The van der Waals surface area contributed by atoms with Gasteiger partial charge in [0.1, 0.15) is 17.3 Å². The largest absolute Gasteiger partial charge is 0.354 e. The molecule has 1 saturated heterocycles. The minimum absolute atomic E-state index is 0.0285. The highest BCUT2D eigenvalue weighted by molar-refractivity contribution is 6.02. The van der Waals surface area contributed by atoms with Gasteiger partial charge in [-0.2, -0.15) is 0 Å². The first-order valence-electron chi connectivity index (χ1n) is 6.37. The maximum absolute atomic E-state index is 12.2. The van der Waals surface area contributed by atoms with E-state index in [0.29, 0.717) is 13.0 Å². The van der Waals surface area contributed by atoms with Gasteiger partial charge in [0, 0.05) is 6.54 Å². The Balaban J connectivity index is 2.26. The van der Waals surface area contributed by atoms with Crippen LogP contribution in [0.3, 0.4) is 0 Å². The Morgan fingerprint density at radius 3 is 2.86 bits per heavy atom. The van der Waals surface area contributed by atoms with Crippen molar-refractivity contribution < 1.29 is 14.5 Å². The molecule has 1 unspecified atom stereocenters. The summed E-state index contributed by atoms with van der Waals surface area (Å²) in [5.41, 5.74) is 1.65. The molecular formula is C12H15N5O4. The molecule has 0 saturated carbocycles. The number of carbonyl (C=O) groups excluding carboxylic acids is 2. The Labute approximate surface area is 120 Å². The van der Waals surface area contributed by atoms with Gasteiger partial charge in [0.2, 0.25) is 5.91 Å². The molecule has 1 fully saturated rings. The third-order valence-corrected chi connectivity index (χ3v) is 3.21. The molecular weight excluding hydrogens is 278 g/mol. The van der Waals surface area contributed by atoms with Crippen LogP contribution in [0.15, 0.2) is 18.2 Å². The molecule has 1 aromatic rings. The molecule has 0 bridgehead atoms. The van der Waals surface area contributed by atoms with Gasteiger partial charge in [0.05, 0.1) is 4.92 Å². The van der Waals surface area contributed by atoms with E-state index in [1.807, 2.05) is 0 Å². The number of hydrogen-bond donors (Lipinski definition) is 4. The van der Waals surface area contributed by atoms with E-state index in [9.17, 15) is 19.7 Å². The van der Waals surface area contributed by atoms with Gasteiger partial charge in [-0.05, 0) is 25.0 Å². The molecule has 0 aromatic heterocycles. The standard InChI is InChI=1S/C12H15N5O4/c13-16-8-4-1-3-7(10(8)17(20)21)11(18)15-9-5-2-6-14-12(9)19/h1,3-4,9,16H,2,5-6,13H2,(H,14,19)(H,15,18). The zero-order chi connectivity index (χ0) is 15.4. The van der Waals surface area contributed by atoms with Crippen molar-refractivity contribution in [3.63, 3.8) is 0 Å². The third-order valence-electron chi connectivity index (χ3n) is 3.21. The number of piperidine rings is 1. The summed E-state index contributed by atoms with van der Waals surface area (Å²) in [5.74, 6) is 4.25. The first kappa shape index (κ1) is 14.7. The average molecular weight is 293 g/mol. The van der Waals surface area contributed by atoms with Crippen molar-refractivity contribution in [2.75, 3.05) is 12.0 Å². The highest BCUT2D eigenvalue weighted by Crippen LogP contribution is 2.27. The van der Waals surface area contributed by atoms with E-state index in [-0.39, 0.29) is 17.2 Å². The first-order valence-corrected chi connectivity index (χ1v) is 6.37. The fourth-order valence-electron chi connectivity index (χ4n) is 2.19. The summed E-state index contributed by atoms with van der Waals surface area (Å²) in [5, 5.41) is 16.2. The van der Waals surface area contributed by atoms with Crippen molar-refractivity contribution in [2.24, 2.45) is 5.84 Å². The molecule has 1 atom stereocenters. The summed E-state index contributed by atoms with van der Waals surface area (Å²) < 4.78 is 0. The third kappa shape index (κ3) is 3.08. The summed E-state index contributed by atoms with van der Waals surface area (Å²) in [6, 6.07) is 3.50. The van der Waals surface area contributed by atoms with Crippen molar-refractivity contribution in [1.82, 2.24) is 10.6 Å². The van der Waals surface area contributed by atoms with E-state index in [1.54, 1.807) is 0 Å². The van der Waals surface area contributed by atoms with Crippen LogP contribution in [0.1, 0.15) is 23.2 Å². The SMILES string of the molecule is NNc1cccc(C(=O)NC2CCCNC2=O)c1[N+](=O)[O-]. The lowest BCUT2D eigenvalue weighted by Gasteiger charge is -2.22. The number of rotatable bonds is 4. The Morgan fingerprint density at radius 2 is 2.24 bits per heavy atom. The van der Waals surface area contributed by atoms with Crippen LogP contribution in [0, 0.1) is 10.1 Å². The molecule has 1 aromatic carbocycles. The minimum atomic E-state index is -0.689. The van der Waals surface area contributed by atoms with Gasteiger partial charge in [0.15, 0.2) is 0 Å². The normalized spacial score (nSPS) is 17.8. The molecule has 1 aliphatic rings. The summed E-state index contributed by atoms with van der Waals surface area (Å²) in [4.78, 5) is 34.2. The van der Waals surface area contributed by atoms with Crippen LogP contribution in [0.25, 0.3) is 0 Å². The zero-order valence-corrected chi connectivity index (χ0v) is 11.1. The van der Waals surface area contributed by atoms with Gasteiger partial charge >= 0.3 is 5.69 Å². The van der Waals surface area contributed by atoms with Gasteiger partial charge in [-0.15, -0.1) is 0 Å². The minimum Gasteiger partial charge on any atom is -0.354 e. The summed E-state index contributed by atoms with van der Waals surface area (Å²) >= 11 is 0. The fourth-order valence-corrected chi connectivity index (χ4v) is 2.19. The molecule has 9 nitrogen and oxygen atoms in total. The number of nitrogens with one attached hydrogen (secondary N) is 3. The number of nitro groups is 1. The predicted octanol–water partition coefficient (Wildman–Crippen LogP) is -0.111. The number of nitrogens with two attached hydrogens (primary N) is 1. The molecule has 21 heavy (non-hydrogen) atoms. The quantitative estimate of drug-likeness (QED) is 0.347. The molecule has 1 heterocycles. The van der Waals surface area contributed by atoms with E-state index in [2.05, 4.69) is 16.1 Å². The van der Waals surface area contributed by atoms with Gasteiger partial charge in [-0.1, -0.05) is 6.07 Å². The van der Waals surface area contributed by atoms with Crippen molar-refractivity contribution in [3.05, 3.63) is 33.9 Å². The molecule has 2 rings (SSSR count). The van der Waals surface area contributed by atoms with Gasteiger partial charge in [0.25, 0.3) is 5.91 Å². The van der Waals surface area contributed by atoms with E-state index in [0.717, 1.165) is 6.42 Å². The van der Waals surface area contributed by atoms with Crippen LogP contribution < -0.4 is 21.9 Å². The highest BCUT2D eigenvalue weighted by Gasteiger charge is 2.28. The number of para-hydroxylation sites is 1. The maximum Gasteiger partial charge on any atom is 0.306 e. The molecule has 1 aliphatic heterocycles. The number of nitrogens with zero attached hydrogens (tertiary/aromatic N) is 1. The number of nitrogen functional groups attached to an aromatic ring is 1. The molecule has 112 valence electrons. The Bertz CT molecular complexity index is 589. The number of hydrazine groups is 1. The Hall–Kier alpha value is -2.68. The Kier molecular flexibility index (Phi) is 4.33. The summed E-state index contributed by atoms with van der Waals surface area (Å²) in [6.45, 7) is 0.567. The average Bonchev–Trinajstić information content (AvgIpc) is 2.48. The Morgan fingerprint density at radius 1 is 1.48 bits per heavy atom. The molecule has 9 heteroatoms. The second-order valence-electron chi connectivity index (χ2n) is 4.56. The lowest BCUT2D eigenvalue weighted by Crippen LogP contribution is -2.50. The van der Waals surface area contributed by atoms with E-state index >= 15 is 0 Å². The van der Waals surface area contributed by atoms with Crippen LogP contribution in [0.5, 0.6) is 0 Å². The van der Waals surface area contributed by atoms with Crippen molar-refractivity contribution in [2.45, 2.75) is 18.9 Å². The zero-order valence-electron chi connectivity index (χ0n) is 11.1. The second kappa shape index (κ2) is 6.18. The van der Waals surface area contributed by atoms with Gasteiger partial charge < -0.3 is 16.1 Å². The van der Waals surface area contributed by atoms with Crippen molar-refractivity contribution in [1.29, 1.82) is 0 Å². The van der Waals surface area contributed by atoms with Gasteiger partial charge in [-0.25, -0.2) is 0 Å². The van der Waals surface area contributed by atoms with Crippen molar-refractivity contribution in [3.8, 4) is 0 Å². The lowest BCUT2D eigenvalue weighted by atomic mass is 10.1. The lowest BCUT2D eigenvalue weighted by molar-refractivity contribution is -0.384.